The number of rotatable bonds is 1. The van der Waals surface area contributed by atoms with Gasteiger partial charge in [-0.25, -0.2) is 9.69 Å². The van der Waals surface area contributed by atoms with E-state index in [1.807, 2.05) is 0 Å². The van der Waals surface area contributed by atoms with Gasteiger partial charge < -0.3 is 0 Å². The number of pyridine rings is 1. The normalized spacial score (nSPS) is 17.1. The summed E-state index contributed by atoms with van der Waals surface area (Å²) in [7, 11) is 0. The summed E-state index contributed by atoms with van der Waals surface area (Å²) in [6.45, 7) is 0.642. The second-order valence-electron chi connectivity index (χ2n) is 3.36. The molecule has 0 unspecified atom stereocenters. The van der Waals surface area contributed by atoms with Gasteiger partial charge in [0.15, 0.2) is 0 Å². The van der Waals surface area contributed by atoms with Crippen LogP contribution < -0.4 is 10.6 Å². The fourth-order valence-electron chi connectivity index (χ4n) is 1.64. The molecule has 0 N–H and O–H groups in total. The minimum absolute atomic E-state index is 0.0320. The third kappa shape index (κ3) is 1.55. The van der Waals surface area contributed by atoms with Crippen molar-refractivity contribution >= 4 is 5.91 Å². The molecule has 0 spiro atoms. The highest BCUT2D eigenvalue weighted by Gasteiger charge is 2.19. The predicted octanol–water partition coefficient (Wildman–Crippen LogP) is 0.497. The number of aromatic nitrogens is 1. The summed E-state index contributed by atoms with van der Waals surface area (Å²) in [6, 6.07) is 4.89. The van der Waals surface area contributed by atoms with Crippen molar-refractivity contribution in [3.63, 3.8) is 0 Å². The van der Waals surface area contributed by atoms with Gasteiger partial charge in [-0.2, -0.15) is 0 Å². The number of carbonyl (C=O) groups excluding carboxylic acids is 1. The van der Waals surface area contributed by atoms with Crippen LogP contribution in [0.3, 0.4) is 0 Å². The van der Waals surface area contributed by atoms with Crippen LogP contribution in [0.1, 0.15) is 19.3 Å². The Hall–Kier alpha value is -1.58. The van der Waals surface area contributed by atoms with Crippen LogP contribution >= 0.6 is 0 Å². The van der Waals surface area contributed by atoms with E-state index >= 15 is 0 Å². The minimum atomic E-state index is -0.150. The standard InChI is InChI=1S/C10H12N2O2/c13-9-5-1-3-7-11(9)12-8-4-2-6-10(12)14/h1,3,5,7H,2,4,6,8H2. The molecule has 2 rings (SSSR count). The van der Waals surface area contributed by atoms with Crippen LogP contribution in [0.4, 0.5) is 0 Å². The lowest BCUT2D eigenvalue weighted by Crippen LogP contribution is -2.48. The lowest BCUT2D eigenvalue weighted by atomic mass is 10.1. The van der Waals surface area contributed by atoms with Gasteiger partial charge in [-0.15, -0.1) is 0 Å². The fourth-order valence-corrected chi connectivity index (χ4v) is 1.64. The SMILES string of the molecule is O=C1CCCCN1n1ccccc1=O. The number of nitrogens with zero attached hydrogens (tertiary/aromatic N) is 2. The molecule has 1 aromatic rings. The first-order chi connectivity index (χ1) is 6.79. The molecule has 0 bridgehead atoms. The molecule has 1 aliphatic heterocycles. The molecule has 0 atom stereocenters. The maximum Gasteiger partial charge on any atom is 0.269 e. The van der Waals surface area contributed by atoms with E-state index in [0.29, 0.717) is 13.0 Å². The summed E-state index contributed by atoms with van der Waals surface area (Å²) < 4.78 is 1.39. The van der Waals surface area contributed by atoms with Gasteiger partial charge in [0.25, 0.3) is 5.56 Å². The lowest BCUT2D eigenvalue weighted by Gasteiger charge is -2.27. The average molecular weight is 192 g/mol. The molecule has 1 saturated heterocycles. The number of hydrogen-bond donors (Lipinski definition) is 0. The zero-order valence-corrected chi connectivity index (χ0v) is 7.85. The first kappa shape index (κ1) is 8.99. The molecule has 14 heavy (non-hydrogen) atoms. The van der Waals surface area contributed by atoms with Crippen molar-refractivity contribution in [3.8, 4) is 0 Å². The smallest absolute Gasteiger partial charge is 0.269 e. The molecule has 1 fully saturated rings. The molecule has 4 nitrogen and oxygen atoms in total. The van der Waals surface area contributed by atoms with Crippen molar-refractivity contribution in [1.82, 2.24) is 4.68 Å². The second kappa shape index (κ2) is 3.65. The van der Waals surface area contributed by atoms with E-state index in [2.05, 4.69) is 0 Å². The number of hydrogen-bond acceptors (Lipinski definition) is 2. The topological polar surface area (TPSA) is 42.3 Å². The van der Waals surface area contributed by atoms with Gasteiger partial charge in [-0.05, 0) is 18.9 Å². The first-order valence-corrected chi connectivity index (χ1v) is 4.77. The molecule has 4 heteroatoms. The quantitative estimate of drug-likeness (QED) is 0.650. The molecule has 0 radical (unpaired) electrons. The van der Waals surface area contributed by atoms with Gasteiger partial charge in [0.1, 0.15) is 0 Å². The third-order valence-corrected chi connectivity index (χ3v) is 2.36. The van der Waals surface area contributed by atoms with Gasteiger partial charge >= 0.3 is 0 Å². The Morgan fingerprint density at radius 1 is 1.14 bits per heavy atom. The molecular weight excluding hydrogens is 180 g/mol. The van der Waals surface area contributed by atoms with Crippen molar-refractivity contribution in [1.29, 1.82) is 0 Å². The van der Waals surface area contributed by atoms with Gasteiger partial charge in [-0.1, -0.05) is 6.07 Å². The van der Waals surface area contributed by atoms with Crippen LogP contribution in [-0.4, -0.2) is 17.1 Å². The fraction of sp³-hybridized carbons (Fsp3) is 0.400. The number of amides is 1. The first-order valence-electron chi connectivity index (χ1n) is 4.77. The summed E-state index contributed by atoms with van der Waals surface area (Å²) in [5.74, 6) is 0.0320. The number of carbonyl (C=O) groups is 1. The zero-order valence-electron chi connectivity index (χ0n) is 7.85. The summed E-state index contributed by atoms with van der Waals surface area (Å²) in [4.78, 5) is 22.9. The Morgan fingerprint density at radius 3 is 2.71 bits per heavy atom. The van der Waals surface area contributed by atoms with Crippen LogP contribution in [-0.2, 0) is 4.79 Å². The van der Waals surface area contributed by atoms with Gasteiger partial charge in [0.2, 0.25) is 5.91 Å². The van der Waals surface area contributed by atoms with E-state index in [9.17, 15) is 9.59 Å². The predicted molar refractivity (Wildman–Crippen MR) is 52.6 cm³/mol. The van der Waals surface area contributed by atoms with Crippen LogP contribution in [0.2, 0.25) is 0 Å². The molecule has 1 aromatic heterocycles. The van der Waals surface area contributed by atoms with E-state index in [4.69, 9.17) is 0 Å². The monoisotopic (exact) mass is 192 g/mol. The maximum atomic E-state index is 11.5. The Kier molecular flexibility index (Phi) is 2.35. The van der Waals surface area contributed by atoms with E-state index in [1.54, 1.807) is 18.3 Å². The van der Waals surface area contributed by atoms with Crippen LogP contribution in [0.15, 0.2) is 29.2 Å². The highest BCUT2D eigenvalue weighted by Crippen LogP contribution is 2.07. The summed E-state index contributed by atoms with van der Waals surface area (Å²) in [5.41, 5.74) is -0.150. The largest absolute Gasteiger partial charge is 0.273 e. The van der Waals surface area contributed by atoms with Crippen molar-refractivity contribution in [2.24, 2.45) is 0 Å². The Balaban J connectivity index is 2.34. The van der Waals surface area contributed by atoms with Gasteiger partial charge in [-0.3, -0.25) is 9.59 Å². The van der Waals surface area contributed by atoms with Crippen LogP contribution in [0.25, 0.3) is 0 Å². The second-order valence-corrected chi connectivity index (χ2v) is 3.36. The molecule has 0 aromatic carbocycles. The minimum Gasteiger partial charge on any atom is -0.273 e. The van der Waals surface area contributed by atoms with Crippen molar-refractivity contribution in [3.05, 3.63) is 34.7 Å². The summed E-state index contributed by atoms with van der Waals surface area (Å²) >= 11 is 0. The Bertz CT molecular complexity index is 397. The molecule has 74 valence electrons. The van der Waals surface area contributed by atoms with Crippen LogP contribution in [0.5, 0.6) is 0 Å². The third-order valence-electron chi connectivity index (χ3n) is 2.36. The van der Waals surface area contributed by atoms with E-state index in [-0.39, 0.29) is 11.5 Å². The maximum absolute atomic E-state index is 11.5. The van der Waals surface area contributed by atoms with Gasteiger partial charge in [0.05, 0.1) is 0 Å². The molecule has 2 heterocycles. The van der Waals surface area contributed by atoms with E-state index in [1.165, 1.54) is 15.8 Å². The van der Waals surface area contributed by atoms with Crippen molar-refractivity contribution < 1.29 is 4.79 Å². The molecule has 0 saturated carbocycles. The summed E-state index contributed by atoms with van der Waals surface area (Å²) in [5, 5.41) is 1.52. The lowest BCUT2D eigenvalue weighted by molar-refractivity contribution is -0.121. The van der Waals surface area contributed by atoms with Crippen LogP contribution in [0, 0.1) is 0 Å². The summed E-state index contributed by atoms with van der Waals surface area (Å²) in [6.07, 6.45) is 4.07. The van der Waals surface area contributed by atoms with Crippen molar-refractivity contribution in [2.45, 2.75) is 19.3 Å². The van der Waals surface area contributed by atoms with Gasteiger partial charge in [0, 0.05) is 25.2 Å². The Morgan fingerprint density at radius 2 is 2.00 bits per heavy atom. The highest BCUT2D eigenvalue weighted by atomic mass is 16.2. The molecule has 1 amide bonds. The van der Waals surface area contributed by atoms with E-state index in [0.717, 1.165) is 12.8 Å². The van der Waals surface area contributed by atoms with Crippen molar-refractivity contribution in [2.75, 3.05) is 11.6 Å². The number of piperidine rings is 1. The molecule has 0 aliphatic carbocycles. The molecule has 1 aliphatic rings. The van der Waals surface area contributed by atoms with E-state index < -0.39 is 0 Å². The Labute approximate surface area is 81.7 Å². The molecular formula is C10H12N2O2. The zero-order chi connectivity index (χ0) is 9.97. The average Bonchev–Trinajstić information content (AvgIpc) is 2.20. The highest BCUT2D eigenvalue weighted by molar-refractivity contribution is 5.86.